The normalized spacial score (nSPS) is 15.4. The van der Waals surface area contributed by atoms with Crippen LogP contribution in [0, 0.1) is 0 Å². The van der Waals surface area contributed by atoms with E-state index in [-0.39, 0.29) is 18.5 Å². The number of sulfonamides is 1. The molecule has 9 heteroatoms. The first kappa shape index (κ1) is 22.8. The fraction of sp³-hybridized carbons (Fsp3) is 0.524. The molecule has 1 aliphatic carbocycles. The predicted molar refractivity (Wildman–Crippen MR) is 121 cm³/mol. The Hall–Kier alpha value is -1.90. The molecule has 0 spiro atoms. The first-order valence-electron chi connectivity index (χ1n) is 10.4. The molecule has 0 atom stereocenters. The first-order chi connectivity index (χ1) is 14.3. The monoisotopic (exact) mass is 452 g/mol. The summed E-state index contributed by atoms with van der Waals surface area (Å²) in [7, 11) is -3.41. The fourth-order valence-electron chi connectivity index (χ4n) is 3.90. The van der Waals surface area contributed by atoms with Gasteiger partial charge in [-0.3, -0.25) is 9.78 Å². The molecule has 1 aromatic heterocycles. The molecule has 1 aliphatic rings. The number of anilines is 1. The van der Waals surface area contributed by atoms with E-state index in [0.717, 1.165) is 48.7 Å². The third-order valence-corrected chi connectivity index (χ3v) is 6.92. The van der Waals surface area contributed by atoms with E-state index in [9.17, 15) is 13.2 Å². The molecule has 1 aromatic carbocycles. The number of pyridine rings is 1. The van der Waals surface area contributed by atoms with Crippen molar-refractivity contribution in [2.24, 2.45) is 0 Å². The second-order valence-corrected chi connectivity index (χ2v) is 10.1. The zero-order chi connectivity index (χ0) is 21.6. The van der Waals surface area contributed by atoms with E-state index in [1.165, 1.54) is 10.6 Å². The Morgan fingerprint density at radius 1 is 1.20 bits per heavy atom. The number of aromatic nitrogens is 1. The number of nitrogens with zero attached hydrogens (tertiary/aromatic N) is 2. The molecule has 0 radical (unpaired) electrons. The minimum Gasteiger partial charge on any atom is -0.384 e. The summed E-state index contributed by atoms with van der Waals surface area (Å²) in [5, 5.41) is 7.83. The van der Waals surface area contributed by atoms with Crippen LogP contribution in [0.5, 0.6) is 0 Å². The molecule has 3 rings (SSSR count). The van der Waals surface area contributed by atoms with Gasteiger partial charge in [0.05, 0.1) is 18.3 Å². The van der Waals surface area contributed by atoms with Crippen LogP contribution < -0.4 is 10.6 Å². The standard InChI is InChI=1S/C21H29ClN4O3S/c1-30(28,29)26(17-6-3-2-4-7-17)15-21(27)25-12-5-11-23-19-10-13-24-20-14-16(22)8-9-18(19)20/h8-10,13-14,17H,2-7,11-12,15H2,1H3,(H,23,24)(H,25,27). The lowest BCUT2D eigenvalue weighted by Crippen LogP contribution is -2.46. The highest BCUT2D eigenvalue weighted by Gasteiger charge is 2.29. The minimum absolute atomic E-state index is 0.0605. The number of nitrogens with one attached hydrogen (secondary N) is 2. The largest absolute Gasteiger partial charge is 0.384 e. The van der Waals surface area contributed by atoms with Gasteiger partial charge in [0.2, 0.25) is 15.9 Å². The maximum Gasteiger partial charge on any atom is 0.235 e. The Balaban J connectivity index is 1.45. The van der Waals surface area contributed by atoms with Crippen LogP contribution in [0.1, 0.15) is 38.5 Å². The lowest BCUT2D eigenvalue weighted by atomic mass is 9.95. The van der Waals surface area contributed by atoms with Gasteiger partial charge in [0.15, 0.2) is 0 Å². The van der Waals surface area contributed by atoms with Gasteiger partial charge in [-0.05, 0) is 43.5 Å². The lowest BCUT2D eigenvalue weighted by molar-refractivity contribution is -0.121. The van der Waals surface area contributed by atoms with Crippen molar-refractivity contribution in [1.82, 2.24) is 14.6 Å². The summed E-state index contributed by atoms with van der Waals surface area (Å²) in [4.78, 5) is 16.6. The molecule has 7 nitrogen and oxygen atoms in total. The summed E-state index contributed by atoms with van der Waals surface area (Å²) in [5.74, 6) is -0.255. The highest BCUT2D eigenvalue weighted by molar-refractivity contribution is 7.88. The van der Waals surface area contributed by atoms with Crippen molar-refractivity contribution in [3.63, 3.8) is 0 Å². The third-order valence-electron chi connectivity index (χ3n) is 5.40. The molecule has 1 fully saturated rings. The van der Waals surface area contributed by atoms with Crippen LogP contribution in [0.2, 0.25) is 5.02 Å². The minimum atomic E-state index is -3.41. The molecular weight excluding hydrogens is 424 g/mol. The zero-order valence-electron chi connectivity index (χ0n) is 17.2. The van der Waals surface area contributed by atoms with Gasteiger partial charge >= 0.3 is 0 Å². The number of rotatable bonds is 9. The number of hydrogen-bond acceptors (Lipinski definition) is 5. The van der Waals surface area contributed by atoms with E-state index >= 15 is 0 Å². The van der Waals surface area contributed by atoms with E-state index in [1.54, 1.807) is 6.20 Å². The highest BCUT2D eigenvalue weighted by atomic mass is 35.5. The van der Waals surface area contributed by atoms with E-state index in [1.807, 2.05) is 24.3 Å². The summed E-state index contributed by atoms with van der Waals surface area (Å²) in [5.41, 5.74) is 1.79. The van der Waals surface area contributed by atoms with Crippen LogP contribution in [0.4, 0.5) is 5.69 Å². The Kier molecular flexibility index (Phi) is 7.91. The van der Waals surface area contributed by atoms with Gasteiger partial charge in [0, 0.05) is 41.4 Å². The Morgan fingerprint density at radius 2 is 1.97 bits per heavy atom. The average Bonchev–Trinajstić information content (AvgIpc) is 2.71. The van der Waals surface area contributed by atoms with Crippen LogP contribution in [0.25, 0.3) is 10.9 Å². The van der Waals surface area contributed by atoms with Crippen molar-refractivity contribution in [2.45, 2.75) is 44.6 Å². The molecule has 0 bridgehead atoms. The van der Waals surface area contributed by atoms with Gasteiger partial charge in [0.1, 0.15) is 0 Å². The number of amides is 1. The summed E-state index contributed by atoms with van der Waals surface area (Å²) in [6, 6.07) is 7.43. The van der Waals surface area contributed by atoms with E-state index in [2.05, 4.69) is 15.6 Å². The molecule has 1 heterocycles. The molecule has 1 saturated carbocycles. The highest BCUT2D eigenvalue weighted by Crippen LogP contribution is 2.25. The van der Waals surface area contributed by atoms with Crippen molar-refractivity contribution in [2.75, 3.05) is 31.2 Å². The molecule has 1 amide bonds. The van der Waals surface area contributed by atoms with E-state index < -0.39 is 10.0 Å². The SMILES string of the molecule is CS(=O)(=O)N(CC(=O)NCCCNc1ccnc2cc(Cl)ccc12)C1CCCCC1. The molecule has 30 heavy (non-hydrogen) atoms. The second kappa shape index (κ2) is 10.4. The van der Waals surface area contributed by atoms with Crippen LogP contribution in [-0.2, 0) is 14.8 Å². The molecule has 0 unspecified atom stereocenters. The fourth-order valence-corrected chi connectivity index (χ4v) is 5.17. The maximum atomic E-state index is 12.3. The Morgan fingerprint density at radius 3 is 2.70 bits per heavy atom. The quantitative estimate of drug-likeness (QED) is 0.569. The van der Waals surface area contributed by atoms with Crippen LogP contribution in [0.15, 0.2) is 30.5 Å². The molecule has 0 saturated heterocycles. The third kappa shape index (κ3) is 6.30. The van der Waals surface area contributed by atoms with Crippen molar-refractivity contribution in [3.8, 4) is 0 Å². The molecule has 164 valence electrons. The van der Waals surface area contributed by atoms with Gasteiger partial charge in [-0.2, -0.15) is 4.31 Å². The maximum absolute atomic E-state index is 12.3. The summed E-state index contributed by atoms with van der Waals surface area (Å²) in [6.07, 6.45) is 8.45. The van der Waals surface area contributed by atoms with Gasteiger partial charge in [-0.1, -0.05) is 30.9 Å². The van der Waals surface area contributed by atoms with Crippen LogP contribution >= 0.6 is 11.6 Å². The lowest BCUT2D eigenvalue weighted by Gasteiger charge is -2.31. The molecule has 2 aromatic rings. The summed E-state index contributed by atoms with van der Waals surface area (Å²) >= 11 is 6.02. The van der Waals surface area contributed by atoms with Gasteiger partial charge in [-0.15, -0.1) is 0 Å². The van der Waals surface area contributed by atoms with Gasteiger partial charge < -0.3 is 10.6 Å². The van der Waals surface area contributed by atoms with Crippen LogP contribution in [0.3, 0.4) is 0 Å². The zero-order valence-corrected chi connectivity index (χ0v) is 18.8. The number of carbonyl (C=O) groups is 1. The van der Waals surface area contributed by atoms with E-state index in [4.69, 9.17) is 11.6 Å². The molecule has 0 aliphatic heterocycles. The van der Waals surface area contributed by atoms with Crippen molar-refractivity contribution < 1.29 is 13.2 Å². The molecular formula is C21H29ClN4O3S. The van der Waals surface area contributed by atoms with Gasteiger partial charge in [0.25, 0.3) is 0 Å². The number of halogens is 1. The van der Waals surface area contributed by atoms with E-state index in [0.29, 0.717) is 24.5 Å². The van der Waals surface area contributed by atoms with Gasteiger partial charge in [-0.25, -0.2) is 8.42 Å². The average molecular weight is 453 g/mol. The number of hydrogen-bond donors (Lipinski definition) is 2. The number of benzene rings is 1. The van der Waals surface area contributed by atoms with Crippen molar-refractivity contribution in [1.29, 1.82) is 0 Å². The Bertz CT molecular complexity index is 977. The topological polar surface area (TPSA) is 91.4 Å². The summed E-state index contributed by atoms with van der Waals surface area (Å²) in [6.45, 7) is 1.04. The predicted octanol–water partition coefficient (Wildman–Crippen LogP) is 3.40. The van der Waals surface area contributed by atoms with Crippen LogP contribution in [-0.4, -0.2) is 55.5 Å². The first-order valence-corrected chi connectivity index (χ1v) is 12.6. The number of carbonyl (C=O) groups excluding carboxylic acids is 1. The molecule has 2 N–H and O–H groups in total. The second-order valence-electron chi connectivity index (χ2n) is 7.75. The summed E-state index contributed by atoms with van der Waals surface area (Å²) < 4.78 is 25.7. The van der Waals surface area contributed by atoms with Crippen molar-refractivity contribution in [3.05, 3.63) is 35.5 Å². The van der Waals surface area contributed by atoms with Crippen molar-refractivity contribution >= 4 is 44.1 Å². The Labute approximate surface area is 183 Å². The number of fused-ring (bicyclic) bond motifs is 1. The smallest absolute Gasteiger partial charge is 0.235 e.